The average molecular weight is 425 g/mol. The van der Waals surface area contributed by atoms with Crippen molar-refractivity contribution < 1.29 is 19.5 Å². The minimum Gasteiger partial charge on any atom is -0.496 e. The molecule has 2 aliphatic rings. The van der Waals surface area contributed by atoms with Gasteiger partial charge in [0, 0.05) is 36.0 Å². The molecule has 164 valence electrons. The Hall–Kier alpha value is -3.13. The van der Waals surface area contributed by atoms with Crippen molar-refractivity contribution in [2.75, 3.05) is 18.6 Å². The van der Waals surface area contributed by atoms with Crippen LogP contribution in [0.2, 0.25) is 0 Å². The third-order valence-electron chi connectivity index (χ3n) is 6.52. The number of pyridine rings is 1. The second-order valence-electron chi connectivity index (χ2n) is 8.28. The number of nitrogens with zero attached hydrogens (tertiary/aromatic N) is 2. The number of piperidine rings is 1. The predicted octanol–water partition coefficient (Wildman–Crippen LogP) is 2.70. The SMILES string of the molecule is COc1cccc(C(=O)NC2CC3CCCN(c4ccc(C(=O)NO)cn4)C3C2)c1C. The normalized spacial score (nSPS) is 22.5. The molecule has 1 aromatic carbocycles. The molecule has 1 aliphatic carbocycles. The van der Waals surface area contributed by atoms with Gasteiger partial charge in [-0.3, -0.25) is 14.8 Å². The van der Waals surface area contributed by atoms with Crippen LogP contribution >= 0.6 is 0 Å². The topological polar surface area (TPSA) is 104 Å². The highest BCUT2D eigenvalue weighted by Crippen LogP contribution is 2.39. The summed E-state index contributed by atoms with van der Waals surface area (Å²) in [5.74, 6) is 1.38. The van der Waals surface area contributed by atoms with Gasteiger partial charge in [-0.2, -0.15) is 0 Å². The Kier molecular flexibility index (Phi) is 6.08. The van der Waals surface area contributed by atoms with Gasteiger partial charge in [0.1, 0.15) is 11.6 Å². The van der Waals surface area contributed by atoms with Gasteiger partial charge in [-0.15, -0.1) is 0 Å². The Balaban J connectivity index is 1.46. The zero-order valence-corrected chi connectivity index (χ0v) is 17.8. The van der Waals surface area contributed by atoms with Gasteiger partial charge in [0.25, 0.3) is 11.8 Å². The largest absolute Gasteiger partial charge is 0.496 e. The van der Waals surface area contributed by atoms with E-state index in [0.717, 1.165) is 43.6 Å². The number of carbonyl (C=O) groups excluding carboxylic acids is 2. The van der Waals surface area contributed by atoms with Gasteiger partial charge in [0.2, 0.25) is 0 Å². The first kappa shape index (κ1) is 21.1. The Morgan fingerprint density at radius 3 is 2.74 bits per heavy atom. The number of hydroxylamine groups is 1. The molecule has 2 aromatic rings. The Bertz CT molecular complexity index is 963. The molecule has 0 bridgehead atoms. The lowest BCUT2D eigenvalue weighted by molar-refractivity contribution is 0.0706. The van der Waals surface area contributed by atoms with E-state index in [-0.39, 0.29) is 11.9 Å². The lowest BCUT2D eigenvalue weighted by Gasteiger charge is -2.38. The lowest BCUT2D eigenvalue weighted by atomic mass is 9.92. The minimum absolute atomic E-state index is 0.0657. The van der Waals surface area contributed by atoms with Gasteiger partial charge in [0.05, 0.1) is 12.7 Å². The maximum Gasteiger partial charge on any atom is 0.276 e. The summed E-state index contributed by atoms with van der Waals surface area (Å²) in [5, 5.41) is 12.0. The van der Waals surface area contributed by atoms with Crippen LogP contribution in [0.25, 0.3) is 0 Å². The number of nitrogens with one attached hydrogen (secondary N) is 2. The van der Waals surface area contributed by atoms with E-state index in [9.17, 15) is 9.59 Å². The molecule has 0 radical (unpaired) electrons. The fourth-order valence-corrected chi connectivity index (χ4v) is 4.99. The number of fused-ring (bicyclic) bond motifs is 1. The highest BCUT2D eigenvalue weighted by molar-refractivity contribution is 5.96. The summed E-state index contributed by atoms with van der Waals surface area (Å²) >= 11 is 0. The molecule has 1 saturated carbocycles. The number of methoxy groups -OCH3 is 1. The van der Waals surface area contributed by atoms with Crippen LogP contribution in [0.1, 0.15) is 52.0 Å². The lowest BCUT2D eigenvalue weighted by Crippen LogP contribution is -2.43. The molecule has 3 N–H and O–H groups in total. The maximum absolute atomic E-state index is 12.9. The van der Waals surface area contributed by atoms with Crippen molar-refractivity contribution in [3.8, 4) is 5.75 Å². The molecule has 3 unspecified atom stereocenters. The first-order valence-corrected chi connectivity index (χ1v) is 10.6. The molecule has 8 nitrogen and oxygen atoms in total. The fraction of sp³-hybridized carbons (Fsp3) is 0.435. The number of amides is 2. The summed E-state index contributed by atoms with van der Waals surface area (Å²) in [4.78, 5) is 31.2. The van der Waals surface area contributed by atoms with E-state index in [1.165, 1.54) is 6.20 Å². The van der Waals surface area contributed by atoms with Gasteiger partial charge in [0.15, 0.2) is 0 Å². The Morgan fingerprint density at radius 2 is 2.03 bits per heavy atom. The van der Waals surface area contributed by atoms with Crippen LogP contribution in [0.3, 0.4) is 0 Å². The van der Waals surface area contributed by atoms with E-state index in [2.05, 4.69) is 15.2 Å². The number of anilines is 1. The number of ether oxygens (including phenoxy) is 1. The smallest absolute Gasteiger partial charge is 0.276 e. The third-order valence-corrected chi connectivity index (χ3v) is 6.52. The van der Waals surface area contributed by atoms with Crippen LogP contribution < -0.4 is 20.4 Å². The van der Waals surface area contributed by atoms with Crippen molar-refractivity contribution in [2.24, 2.45) is 5.92 Å². The second-order valence-corrected chi connectivity index (χ2v) is 8.28. The number of carbonyl (C=O) groups is 2. The van der Waals surface area contributed by atoms with E-state index in [4.69, 9.17) is 9.94 Å². The van der Waals surface area contributed by atoms with Crippen LogP contribution in [0.5, 0.6) is 5.75 Å². The van der Waals surface area contributed by atoms with Crippen molar-refractivity contribution in [1.29, 1.82) is 0 Å². The number of hydrogen-bond donors (Lipinski definition) is 3. The number of benzene rings is 1. The van der Waals surface area contributed by atoms with Crippen molar-refractivity contribution in [2.45, 2.75) is 44.7 Å². The first-order valence-electron chi connectivity index (χ1n) is 10.6. The molecular weight excluding hydrogens is 396 g/mol. The third kappa shape index (κ3) is 4.20. The molecule has 8 heteroatoms. The summed E-state index contributed by atoms with van der Waals surface area (Å²) in [7, 11) is 1.61. The standard InChI is InChI=1S/C23H28N4O4/c1-14-18(6-3-7-20(14)31-2)23(29)25-17-11-15-5-4-10-27(19(15)12-17)21-9-8-16(13-24-21)22(28)26-30/h3,6-9,13,15,17,19,30H,4-5,10-12H2,1-2H3,(H,25,29)(H,26,28). The van der Waals surface area contributed by atoms with Gasteiger partial charge < -0.3 is 15.0 Å². The van der Waals surface area contributed by atoms with E-state index >= 15 is 0 Å². The molecule has 1 aromatic heterocycles. The monoisotopic (exact) mass is 424 g/mol. The van der Waals surface area contributed by atoms with Crippen molar-refractivity contribution in [1.82, 2.24) is 15.8 Å². The van der Waals surface area contributed by atoms with E-state index in [1.807, 2.05) is 31.2 Å². The first-order chi connectivity index (χ1) is 15.0. The molecule has 4 rings (SSSR count). The molecule has 2 amide bonds. The van der Waals surface area contributed by atoms with Crippen LogP contribution in [0.4, 0.5) is 5.82 Å². The van der Waals surface area contributed by atoms with Crippen molar-refractivity contribution in [3.05, 3.63) is 53.2 Å². The molecule has 2 heterocycles. The van der Waals surface area contributed by atoms with Gasteiger partial charge >= 0.3 is 0 Å². The zero-order valence-electron chi connectivity index (χ0n) is 17.8. The van der Waals surface area contributed by atoms with E-state index in [0.29, 0.717) is 28.8 Å². The van der Waals surface area contributed by atoms with E-state index in [1.54, 1.807) is 18.7 Å². The summed E-state index contributed by atoms with van der Waals surface area (Å²) in [5.41, 5.74) is 3.42. The average Bonchev–Trinajstić information content (AvgIpc) is 3.21. The number of rotatable bonds is 5. The molecule has 0 spiro atoms. The summed E-state index contributed by atoms with van der Waals surface area (Å²) < 4.78 is 5.34. The highest BCUT2D eigenvalue weighted by Gasteiger charge is 2.41. The summed E-state index contributed by atoms with van der Waals surface area (Å²) in [6.45, 7) is 2.80. The van der Waals surface area contributed by atoms with Crippen molar-refractivity contribution in [3.63, 3.8) is 0 Å². The van der Waals surface area contributed by atoms with Gasteiger partial charge in [-0.25, -0.2) is 10.5 Å². The van der Waals surface area contributed by atoms with Crippen LogP contribution in [0, 0.1) is 12.8 Å². The zero-order chi connectivity index (χ0) is 22.0. The molecule has 1 saturated heterocycles. The maximum atomic E-state index is 12.9. The van der Waals surface area contributed by atoms with Crippen LogP contribution in [0.15, 0.2) is 36.5 Å². The van der Waals surface area contributed by atoms with E-state index < -0.39 is 5.91 Å². The molecule has 3 atom stereocenters. The van der Waals surface area contributed by atoms with Crippen LogP contribution in [-0.4, -0.2) is 47.7 Å². The molecule has 1 aliphatic heterocycles. The predicted molar refractivity (Wildman–Crippen MR) is 116 cm³/mol. The second kappa shape index (κ2) is 8.93. The highest BCUT2D eigenvalue weighted by atomic mass is 16.5. The molecule has 31 heavy (non-hydrogen) atoms. The number of aromatic nitrogens is 1. The summed E-state index contributed by atoms with van der Waals surface area (Å²) in [6.07, 6.45) is 5.49. The fourth-order valence-electron chi connectivity index (χ4n) is 4.99. The quantitative estimate of drug-likeness (QED) is 0.504. The van der Waals surface area contributed by atoms with Gasteiger partial charge in [-0.1, -0.05) is 6.07 Å². The Labute approximate surface area is 181 Å². The molecule has 2 fully saturated rings. The number of hydrogen-bond acceptors (Lipinski definition) is 6. The summed E-state index contributed by atoms with van der Waals surface area (Å²) in [6, 6.07) is 9.41. The van der Waals surface area contributed by atoms with Crippen molar-refractivity contribution >= 4 is 17.6 Å². The van der Waals surface area contributed by atoms with Gasteiger partial charge in [-0.05, 0) is 62.8 Å². The molecular formula is C23H28N4O4. The van der Waals surface area contributed by atoms with Crippen LogP contribution in [-0.2, 0) is 0 Å². The Morgan fingerprint density at radius 1 is 1.19 bits per heavy atom. The minimum atomic E-state index is -0.577.